The van der Waals surface area contributed by atoms with E-state index in [2.05, 4.69) is 4.98 Å². The molecule has 126 valence electrons. The molecule has 2 aromatic rings. The monoisotopic (exact) mass is 345 g/mol. The van der Waals surface area contributed by atoms with E-state index in [1.54, 1.807) is 43.6 Å². The Morgan fingerprint density at radius 1 is 1.21 bits per heavy atom. The molecule has 4 nitrogen and oxygen atoms in total. The third kappa shape index (κ3) is 4.06. The van der Waals surface area contributed by atoms with E-state index in [1.165, 1.54) is 12.8 Å². The van der Waals surface area contributed by atoms with Gasteiger partial charge in [0.05, 0.1) is 13.2 Å². The van der Waals surface area contributed by atoms with Crippen molar-refractivity contribution in [3.8, 4) is 11.5 Å². The van der Waals surface area contributed by atoms with E-state index in [0.29, 0.717) is 22.2 Å². The number of Topliss-reactive ketones (excluding diaryl/α,β-unsaturated/α-hetero) is 1. The number of ether oxygens (including phenoxy) is 2. The second-order valence-corrected chi connectivity index (χ2v) is 6.36. The van der Waals surface area contributed by atoms with Crippen LogP contribution in [0.3, 0.4) is 0 Å². The fourth-order valence-corrected chi connectivity index (χ4v) is 3.16. The van der Waals surface area contributed by atoms with E-state index >= 15 is 0 Å². The summed E-state index contributed by atoms with van der Waals surface area (Å²) in [5.74, 6) is 1.31. The molecular weight excluding hydrogens is 326 g/mol. The molecule has 0 spiro atoms. The van der Waals surface area contributed by atoms with Crippen LogP contribution >= 0.6 is 11.6 Å². The van der Waals surface area contributed by atoms with Crippen molar-refractivity contribution >= 4 is 17.4 Å². The maximum absolute atomic E-state index is 12.6. The predicted octanol–water partition coefficient (Wildman–Crippen LogP) is 4.49. The molecule has 24 heavy (non-hydrogen) atoms. The molecule has 0 N–H and O–H groups in total. The first-order valence-corrected chi connectivity index (χ1v) is 8.52. The van der Waals surface area contributed by atoms with Gasteiger partial charge >= 0.3 is 0 Å². The molecular formula is C19H20ClNO3. The van der Waals surface area contributed by atoms with Gasteiger partial charge in [0.25, 0.3) is 0 Å². The fraction of sp³-hybridized carbons (Fsp3) is 0.368. The van der Waals surface area contributed by atoms with Gasteiger partial charge in [0.1, 0.15) is 5.15 Å². The van der Waals surface area contributed by atoms with E-state index in [9.17, 15) is 4.79 Å². The van der Waals surface area contributed by atoms with Crippen LogP contribution in [0.1, 0.15) is 41.6 Å². The third-order valence-electron chi connectivity index (χ3n) is 4.24. The van der Waals surface area contributed by atoms with Crippen LogP contribution in [0.5, 0.6) is 11.5 Å². The maximum atomic E-state index is 12.6. The van der Waals surface area contributed by atoms with Crippen molar-refractivity contribution in [1.29, 1.82) is 0 Å². The Morgan fingerprint density at radius 2 is 2.00 bits per heavy atom. The molecule has 0 bridgehead atoms. The van der Waals surface area contributed by atoms with Crippen LogP contribution in [-0.2, 0) is 6.42 Å². The minimum atomic E-state index is 0.0104. The Labute approximate surface area is 146 Å². The standard InChI is InChI=1S/C19H20ClNO3/c1-23-17-7-6-14(12-18(17)24-15-4-2-3-5-15)16(22)10-13-8-9-21-19(20)11-13/h6-9,11-12,15H,2-5,10H2,1H3. The van der Waals surface area contributed by atoms with Gasteiger partial charge in [-0.25, -0.2) is 4.98 Å². The zero-order valence-electron chi connectivity index (χ0n) is 13.6. The Hall–Kier alpha value is -2.07. The topological polar surface area (TPSA) is 48.4 Å². The van der Waals surface area contributed by atoms with Crippen molar-refractivity contribution in [3.63, 3.8) is 0 Å². The summed E-state index contributed by atoms with van der Waals surface area (Å²) >= 11 is 5.88. The molecule has 1 aromatic carbocycles. The lowest BCUT2D eigenvalue weighted by Gasteiger charge is -2.16. The van der Waals surface area contributed by atoms with Crippen LogP contribution in [0.15, 0.2) is 36.5 Å². The van der Waals surface area contributed by atoms with Gasteiger partial charge < -0.3 is 9.47 Å². The van der Waals surface area contributed by atoms with Gasteiger partial charge in [-0.05, 0) is 61.6 Å². The highest BCUT2D eigenvalue weighted by Crippen LogP contribution is 2.32. The number of carbonyl (C=O) groups excluding carboxylic acids is 1. The lowest BCUT2D eigenvalue weighted by Crippen LogP contribution is -2.12. The van der Waals surface area contributed by atoms with Crippen LogP contribution in [0.25, 0.3) is 0 Å². The van der Waals surface area contributed by atoms with Crippen LogP contribution in [0, 0.1) is 0 Å². The molecule has 0 amide bonds. The van der Waals surface area contributed by atoms with Gasteiger partial charge in [0.2, 0.25) is 0 Å². The number of pyridine rings is 1. The summed E-state index contributed by atoms with van der Waals surface area (Å²) in [6.07, 6.45) is 6.57. The Morgan fingerprint density at radius 3 is 2.71 bits per heavy atom. The first-order valence-electron chi connectivity index (χ1n) is 8.14. The van der Waals surface area contributed by atoms with Crippen molar-refractivity contribution in [2.45, 2.75) is 38.2 Å². The molecule has 1 aliphatic rings. The normalized spacial score (nSPS) is 14.6. The minimum absolute atomic E-state index is 0.0104. The number of ketones is 1. The van der Waals surface area contributed by atoms with Crippen molar-refractivity contribution < 1.29 is 14.3 Å². The molecule has 5 heteroatoms. The summed E-state index contributed by atoms with van der Waals surface area (Å²) < 4.78 is 11.4. The summed E-state index contributed by atoms with van der Waals surface area (Å²) in [5, 5.41) is 0.389. The van der Waals surface area contributed by atoms with Crippen LogP contribution in [0.4, 0.5) is 0 Å². The number of halogens is 1. The highest BCUT2D eigenvalue weighted by molar-refractivity contribution is 6.29. The molecule has 0 aliphatic heterocycles. The summed E-state index contributed by atoms with van der Waals surface area (Å²) in [6.45, 7) is 0. The lowest BCUT2D eigenvalue weighted by atomic mass is 10.0. The number of rotatable bonds is 6. The van der Waals surface area contributed by atoms with Crippen molar-refractivity contribution in [2.24, 2.45) is 0 Å². The molecule has 1 saturated carbocycles. The predicted molar refractivity (Wildman–Crippen MR) is 93.2 cm³/mol. The average Bonchev–Trinajstić information content (AvgIpc) is 3.08. The smallest absolute Gasteiger partial charge is 0.167 e. The number of methoxy groups -OCH3 is 1. The molecule has 0 unspecified atom stereocenters. The van der Waals surface area contributed by atoms with Gasteiger partial charge in [-0.3, -0.25) is 4.79 Å². The highest BCUT2D eigenvalue weighted by atomic mass is 35.5. The largest absolute Gasteiger partial charge is 0.493 e. The number of hydrogen-bond acceptors (Lipinski definition) is 4. The van der Waals surface area contributed by atoms with Crippen LogP contribution < -0.4 is 9.47 Å². The summed E-state index contributed by atoms with van der Waals surface area (Å²) in [6, 6.07) is 8.84. The second-order valence-electron chi connectivity index (χ2n) is 5.98. The zero-order valence-corrected chi connectivity index (χ0v) is 14.4. The van der Waals surface area contributed by atoms with Crippen LogP contribution in [-0.4, -0.2) is 24.0 Å². The molecule has 1 heterocycles. The van der Waals surface area contributed by atoms with E-state index in [4.69, 9.17) is 21.1 Å². The first kappa shape index (κ1) is 16.8. The number of benzene rings is 1. The fourth-order valence-electron chi connectivity index (χ4n) is 2.97. The number of carbonyl (C=O) groups is 1. The third-order valence-corrected chi connectivity index (χ3v) is 4.44. The average molecular weight is 346 g/mol. The van der Waals surface area contributed by atoms with Crippen LogP contribution in [0.2, 0.25) is 5.15 Å². The molecule has 1 fully saturated rings. The molecule has 3 rings (SSSR count). The maximum Gasteiger partial charge on any atom is 0.167 e. The molecule has 0 atom stereocenters. The van der Waals surface area contributed by atoms with Crippen molar-refractivity contribution in [3.05, 3.63) is 52.8 Å². The van der Waals surface area contributed by atoms with Gasteiger partial charge in [-0.1, -0.05) is 11.6 Å². The summed E-state index contributed by atoms with van der Waals surface area (Å²) in [5.41, 5.74) is 1.45. The quantitative estimate of drug-likeness (QED) is 0.571. The molecule has 1 aromatic heterocycles. The first-order chi connectivity index (χ1) is 11.7. The summed E-state index contributed by atoms with van der Waals surface area (Å²) in [7, 11) is 1.61. The van der Waals surface area contributed by atoms with Gasteiger partial charge in [-0.15, -0.1) is 0 Å². The Balaban J connectivity index is 1.78. The minimum Gasteiger partial charge on any atom is -0.493 e. The van der Waals surface area contributed by atoms with E-state index in [0.717, 1.165) is 18.4 Å². The molecule has 0 saturated heterocycles. The lowest BCUT2D eigenvalue weighted by molar-refractivity contribution is 0.0992. The highest BCUT2D eigenvalue weighted by Gasteiger charge is 2.19. The number of nitrogens with zero attached hydrogens (tertiary/aromatic N) is 1. The van der Waals surface area contributed by atoms with Crippen molar-refractivity contribution in [1.82, 2.24) is 4.98 Å². The van der Waals surface area contributed by atoms with E-state index in [-0.39, 0.29) is 18.3 Å². The number of hydrogen-bond donors (Lipinski definition) is 0. The zero-order chi connectivity index (χ0) is 16.9. The van der Waals surface area contributed by atoms with E-state index in [1.807, 2.05) is 0 Å². The Kier molecular flexibility index (Phi) is 5.36. The van der Waals surface area contributed by atoms with Crippen molar-refractivity contribution in [2.75, 3.05) is 7.11 Å². The van der Waals surface area contributed by atoms with Gasteiger partial charge in [-0.2, -0.15) is 0 Å². The van der Waals surface area contributed by atoms with Gasteiger partial charge in [0.15, 0.2) is 17.3 Å². The molecule has 1 aliphatic carbocycles. The second kappa shape index (κ2) is 7.67. The number of aromatic nitrogens is 1. The van der Waals surface area contributed by atoms with E-state index < -0.39 is 0 Å². The Bertz CT molecular complexity index is 726. The summed E-state index contributed by atoms with van der Waals surface area (Å²) in [4.78, 5) is 16.5. The molecule has 0 radical (unpaired) electrons. The SMILES string of the molecule is COc1ccc(C(=O)Cc2ccnc(Cl)c2)cc1OC1CCCC1. The van der Waals surface area contributed by atoms with Gasteiger partial charge in [0, 0.05) is 18.2 Å².